The highest BCUT2D eigenvalue weighted by atomic mass is 16.6. The molecule has 1 aliphatic carbocycles. The molecular formula is C12H21NO3. The molecule has 0 radical (unpaired) electrons. The Morgan fingerprint density at radius 2 is 1.94 bits per heavy atom. The van der Waals surface area contributed by atoms with Gasteiger partial charge in [-0.3, -0.25) is 4.79 Å². The minimum Gasteiger partial charge on any atom is -0.444 e. The number of rotatable bonds is 4. The van der Waals surface area contributed by atoms with Crippen LogP contribution < -0.4 is 5.32 Å². The Kier molecular flexibility index (Phi) is 3.94. The second kappa shape index (κ2) is 4.85. The van der Waals surface area contributed by atoms with Crippen LogP contribution in [0.25, 0.3) is 0 Å². The van der Waals surface area contributed by atoms with E-state index in [0.717, 1.165) is 12.8 Å². The van der Waals surface area contributed by atoms with Crippen LogP contribution in [0.5, 0.6) is 0 Å². The van der Waals surface area contributed by atoms with Gasteiger partial charge in [-0.25, -0.2) is 4.79 Å². The minimum atomic E-state index is -0.496. The average molecular weight is 227 g/mol. The highest BCUT2D eigenvalue weighted by Gasteiger charge is 2.30. The fraction of sp³-hybridized carbons (Fsp3) is 0.833. The lowest BCUT2D eigenvalue weighted by molar-refractivity contribution is -0.120. The standard InChI is InChI=1S/C12H21NO3/c1-8(7-10(14)9-5-6-9)13-11(15)16-12(2,3)4/h8-9H,5-7H2,1-4H3,(H,13,15)/t8-/m1/s1. The van der Waals surface area contributed by atoms with Crippen molar-refractivity contribution >= 4 is 11.9 Å². The molecule has 1 fully saturated rings. The summed E-state index contributed by atoms with van der Waals surface area (Å²) in [5.41, 5.74) is -0.496. The molecule has 92 valence electrons. The molecule has 1 rings (SSSR count). The van der Waals surface area contributed by atoms with Gasteiger partial charge in [0.25, 0.3) is 0 Å². The van der Waals surface area contributed by atoms with Crippen LogP contribution >= 0.6 is 0 Å². The Labute approximate surface area is 96.7 Å². The molecule has 0 aromatic rings. The van der Waals surface area contributed by atoms with E-state index in [1.807, 2.05) is 27.7 Å². The molecule has 1 N–H and O–H groups in total. The van der Waals surface area contributed by atoms with Crippen molar-refractivity contribution in [1.82, 2.24) is 5.32 Å². The summed E-state index contributed by atoms with van der Waals surface area (Å²) in [7, 11) is 0. The minimum absolute atomic E-state index is 0.150. The molecule has 0 aliphatic heterocycles. The molecule has 0 heterocycles. The monoisotopic (exact) mass is 227 g/mol. The summed E-state index contributed by atoms with van der Waals surface area (Å²) in [6, 6.07) is -0.150. The third kappa shape index (κ3) is 5.14. The van der Waals surface area contributed by atoms with Gasteiger partial charge in [0, 0.05) is 18.4 Å². The lowest BCUT2D eigenvalue weighted by atomic mass is 10.1. The quantitative estimate of drug-likeness (QED) is 0.801. The van der Waals surface area contributed by atoms with Gasteiger partial charge in [-0.05, 0) is 40.5 Å². The van der Waals surface area contributed by atoms with E-state index in [4.69, 9.17) is 4.74 Å². The topological polar surface area (TPSA) is 55.4 Å². The number of ketones is 1. The fourth-order valence-electron chi connectivity index (χ4n) is 1.43. The lowest BCUT2D eigenvalue weighted by Crippen LogP contribution is -2.38. The number of amides is 1. The Hall–Kier alpha value is -1.06. The molecular weight excluding hydrogens is 206 g/mol. The Balaban J connectivity index is 2.24. The van der Waals surface area contributed by atoms with Crippen LogP contribution in [0.2, 0.25) is 0 Å². The Morgan fingerprint density at radius 1 is 1.38 bits per heavy atom. The second-order valence-electron chi connectivity index (χ2n) is 5.49. The maximum absolute atomic E-state index is 11.5. The van der Waals surface area contributed by atoms with Gasteiger partial charge in [0.1, 0.15) is 11.4 Å². The van der Waals surface area contributed by atoms with E-state index in [2.05, 4.69) is 5.32 Å². The van der Waals surface area contributed by atoms with Crippen LogP contribution in [0, 0.1) is 5.92 Å². The number of hydrogen-bond acceptors (Lipinski definition) is 3. The second-order valence-corrected chi connectivity index (χ2v) is 5.49. The summed E-state index contributed by atoms with van der Waals surface area (Å²) >= 11 is 0. The van der Waals surface area contributed by atoms with Crippen molar-refractivity contribution in [3.8, 4) is 0 Å². The van der Waals surface area contributed by atoms with Crippen molar-refractivity contribution in [1.29, 1.82) is 0 Å². The third-order valence-electron chi connectivity index (χ3n) is 2.30. The van der Waals surface area contributed by atoms with Gasteiger partial charge in [-0.15, -0.1) is 0 Å². The first-order valence-electron chi connectivity index (χ1n) is 5.80. The number of ether oxygens (including phenoxy) is 1. The predicted molar refractivity (Wildman–Crippen MR) is 61.2 cm³/mol. The first-order chi connectivity index (χ1) is 7.28. The summed E-state index contributed by atoms with van der Waals surface area (Å²) in [4.78, 5) is 22.9. The summed E-state index contributed by atoms with van der Waals surface area (Å²) in [6.45, 7) is 7.26. The van der Waals surface area contributed by atoms with E-state index >= 15 is 0 Å². The molecule has 1 atom stereocenters. The molecule has 0 aromatic heterocycles. The van der Waals surface area contributed by atoms with E-state index in [0.29, 0.717) is 6.42 Å². The molecule has 4 nitrogen and oxygen atoms in total. The molecule has 1 aliphatic rings. The molecule has 0 bridgehead atoms. The zero-order chi connectivity index (χ0) is 12.3. The largest absolute Gasteiger partial charge is 0.444 e. The Morgan fingerprint density at radius 3 is 2.38 bits per heavy atom. The van der Waals surface area contributed by atoms with Crippen LogP contribution in [-0.2, 0) is 9.53 Å². The van der Waals surface area contributed by atoms with Crippen molar-refractivity contribution in [2.45, 2.75) is 58.6 Å². The third-order valence-corrected chi connectivity index (χ3v) is 2.30. The molecule has 0 spiro atoms. The zero-order valence-electron chi connectivity index (χ0n) is 10.5. The van der Waals surface area contributed by atoms with Crippen LogP contribution in [-0.4, -0.2) is 23.5 Å². The summed E-state index contributed by atoms with van der Waals surface area (Å²) < 4.78 is 5.10. The van der Waals surface area contributed by atoms with Gasteiger partial charge in [0.2, 0.25) is 0 Å². The maximum atomic E-state index is 11.5. The first-order valence-corrected chi connectivity index (χ1v) is 5.80. The van der Waals surface area contributed by atoms with Crippen LogP contribution in [0.3, 0.4) is 0 Å². The van der Waals surface area contributed by atoms with Gasteiger partial charge >= 0.3 is 6.09 Å². The summed E-state index contributed by atoms with van der Waals surface area (Å²) in [6.07, 6.45) is 1.98. The number of Topliss-reactive ketones (excluding diaryl/α,β-unsaturated/α-hetero) is 1. The molecule has 16 heavy (non-hydrogen) atoms. The van der Waals surface area contributed by atoms with E-state index < -0.39 is 11.7 Å². The van der Waals surface area contributed by atoms with Gasteiger partial charge in [0.15, 0.2) is 0 Å². The number of carbonyl (C=O) groups excluding carboxylic acids is 2. The fourth-order valence-corrected chi connectivity index (χ4v) is 1.43. The summed E-state index contributed by atoms with van der Waals surface area (Å²) in [5, 5.41) is 2.67. The number of alkyl carbamates (subject to hydrolysis) is 1. The van der Waals surface area contributed by atoms with E-state index in [-0.39, 0.29) is 17.7 Å². The molecule has 0 saturated heterocycles. The predicted octanol–water partition coefficient (Wildman–Crippen LogP) is 2.27. The van der Waals surface area contributed by atoms with Gasteiger partial charge in [0.05, 0.1) is 0 Å². The van der Waals surface area contributed by atoms with Crippen LogP contribution in [0.15, 0.2) is 0 Å². The molecule has 0 unspecified atom stereocenters. The smallest absolute Gasteiger partial charge is 0.407 e. The number of hydrogen-bond donors (Lipinski definition) is 1. The SMILES string of the molecule is C[C@H](CC(=O)C1CC1)NC(=O)OC(C)(C)C. The van der Waals surface area contributed by atoms with Crippen molar-refractivity contribution in [2.24, 2.45) is 5.92 Å². The molecule has 0 aromatic carbocycles. The van der Waals surface area contributed by atoms with Crippen LogP contribution in [0.4, 0.5) is 4.79 Å². The van der Waals surface area contributed by atoms with Crippen molar-refractivity contribution in [3.63, 3.8) is 0 Å². The average Bonchev–Trinajstić information content (AvgIpc) is 2.79. The van der Waals surface area contributed by atoms with E-state index in [1.54, 1.807) is 0 Å². The normalized spacial score (nSPS) is 17.8. The van der Waals surface area contributed by atoms with E-state index in [1.165, 1.54) is 0 Å². The maximum Gasteiger partial charge on any atom is 0.407 e. The molecule has 1 amide bonds. The Bertz CT molecular complexity index is 276. The van der Waals surface area contributed by atoms with Gasteiger partial charge < -0.3 is 10.1 Å². The first kappa shape index (κ1) is 13.0. The van der Waals surface area contributed by atoms with Crippen molar-refractivity contribution in [3.05, 3.63) is 0 Å². The highest BCUT2D eigenvalue weighted by Crippen LogP contribution is 2.31. The highest BCUT2D eigenvalue weighted by molar-refractivity contribution is 5.84. The van der Waals surface area contributed by atoms with Crippen molar-refractivity contribution < 1.29 is 14.3 Å². The van der Waals surface area contributed by atoms with E-state index in [9.17, 15) is 9.59 Å². The van der Waals surface area contributed by atoms with Gasteiger partial charge in [-0.2, -0.15) is 0 Å². The lowest BCUT2D eigenvalue weighted by Gasteiger charge is -2.21. The van der Waals surface area contributed by atoms with Gasteiger partial charge in [-0.1, -0.05) is 0 Å². The molecule has 1 saturated carbocycles. The molecule has 4 heteroatoms. The number of carbonyl (C=O) groups is 2. The van der Waals surface area contributed by atoms with Crippen LogP contribution in [0.1, 0.15) is 47.0 Å². The summed E-state index contributed by atoms with van der Waals surface area (Å²) in [5.74, 6) is 0.506. The number of nitrogens with one attached hydrogen (secondary N) is 1. The zero-order valence-corrected chi connectivity index (χ0v) is 10.5. The van der Waals surface area contributed by atoms with Crippen molar-refractivity contribution in [2.75, 3.05) is 0 Å².